The molecule has 2 aromatic rings. The number of amides is 2. The lowest BCUT2D eigenvalue weighted by molar-refractivity contribution is -0.142. The fourth-order valence-corrected chi connectivity index (χ4v) is 3.51. The largest absolute Gasteiger partial charge is 0.483 e. The summed E-state index contributed by atoms with van der Waals surface area (Å²) in [5.74, 6) is -0.623. The highest BCUT2D eigenvalue weighted by Gasteiger charge is 2.29. The normalized spacial score (nSPS) is 12.2. The lowest BCUT2D eigenvalue weighted by Crippen LogP contribution is -2.53. The quantitative estimate of drug-likeness (QED) is 0.572. The first-order chi connectivity index (χ1) is 14.5. The van der Waals surface area contributed by atoms with Gasteiger partial charge in [-0.3, -0.25) is 9.59 Å². The minimum atomic E-state index is -0.805. The third-order valence-corrected chi connectivity index (χ3v) is 5.34. The minimum absolute atomic E-state index is 0.0382. The molecule has 7 heteroatoms. The molecule has 0 aliphatic carbocycles. The number of nitrogens with zero attached hydrogens (tertiary/aromatic N) is 1. The van der Waals surface area contributed by atoms with Crippen molar-refractivity contribution in [1.82, 2.24) is 10.2 Å². The van der Waals surface area contributed by atoms with Crippen molar-refractivity contribution in [3.63, 3.8) is 0 Å². The van der Waals surface area contributed by atoms with Gasteiger partial charge in [0.25, 0.3) is 5.91 Å². The Kier molecular flexibility index (Phi) is 8.62. The van der Waals surface area contributed by atoms with Gasteiger partial charge in [-0.15, -0.1) is 0 Å². The van der Waals surface area contributed by atoms with E-state index in [0.717, 1.165) is 16.5 Å². The number of halogens is 2. The number of aryl methyl sites for hydroxylation is 1. The number of rotatable bonds is 8. The van der Waals surface area contributed by atoms with Crippen LogP contribution < -0.4 is 10.1 Å². The molecule has 0 aliphatic rings. The van der Waals surface area contributed by atoms with E-state index in [1.165, 1.54) is 11.0 Å². The van der Waals surface area contributed by atoms with Crippen molar-refractivity contribution in [2.24, 2.45) is 0 Å². The van der Waals surface area contributed by atoms with Crippen LogP contribution in [0.25, 0.3) is 0 Å². The van der Waals surface area contributed by atoms with Gasteiger partial charge in [-0.05, 0) is 73.8 Å². The number of ether oxygens (including phenoxy) is 1. The summed E-state index contributed by atoms with van der Waals surface area (Å²) >= 11 is 3.46. The van der Waals surface area contributed by atoms with Gasteiger partial charge in [-0.25, -0.2) is 4.39 Å². The molecule has 5 nitrogen and oxygen atoms in total. The molecule has 2 aromatic carbocycles. The Morgan fingerprint density at radius 1 is 1.19 bits per heavy atom. The molecule has 168 valence electrons. The highest BCUT2D eigenvalue weighted by molar-refractivity contribution is 9.10. The zero-order valence-corrected chi connectivity index (χ0v) is 20.3. The molecule has 1 N–H and O–H groups in total. The summed E-state index contributed by atoms with van der Waals surface area (Å²) in [4.78, 5) is 27.1. The molecule has 0 heterocycles. The van der Waals surface area contributed by atoms with Gasteiger partial charge in [0.1, 0.15) is 17.6 Å². The van der Waals surface area contributed by atoms with Gasteiger partial charge in [0, 0.05) is 17.6 Å². The maximum absolute atomic E-state index is 14.2. The fourth-order valence-electron chi connectivity index (χ4n) is 2.97. The molecule has 0 aromatic heterocycles. The lowest BCUT2D eigenvalue weighted by atomic mass is 10.1. The molecular formula is C24H30BrFN2O3. The number of carbonyl (C=O) groups excluding carboxylic acids is 2. The third-order valence-electron chi connectivity index (χ3n) is 4.72. The molecular weight excluding hydrogens is 463 g/mol. The summed E-state index contributed by atoms with van der Waals surface area (Å²) in [5.41, 5.74) is 1.01. The maximum Gasteiger partial charge on any atom is 0.261 e. The monoisotopic (exact) mass is 492 g/mol. The highest BCUT2D eigenvalue weighted by Crippen LogP contribution is 2.26. The van der Waals surface area contributed by atoms with E-state index < -0.39 is 23.3 Å². The molecule has 0 saturated heterocycles. The topological polar surface area (TPSA) is 58.6 Å². The summed E-state index contributed by atoms with van der Waals surface area (Å²) < 4.78 is 20.7. The van der Waals surface area contributed by atoms with Gasteiger partial charge in [0.05, 0.1) is 4.47 Å². The van der Waals surface area contributed by atoms with Crippen LogP contribution >= 0.6 is 15.9 Å². The van der Waals surface area contributed by atoms with Crippen molar-refractivity contribution in [1.29, 1.82) is 0 Å². The number of carbonyl (C=O) groups is 2. The first-order valence-electron chi connectivity index (χ1n) is 10.3. The Balaban J connectivity index is 2.21. The van der Waals surface area contributed by atoms with Crippen LogP contribution in [0.1, 0.15) is 45.7 Å². The third kappa shape index (κ3) is 7.35. The smallest absolute Gasteiger partial charge is 0.261 e. The summed E-state index contributed by atoms with van der Waals surface area (Å²) in [7, 11) is 0. The molecule has 0 saturated carbocycles. The van der Waals surface area contributed by atoms with Crippen LogP contribution in [0.3, 0.4) is 0 Å². The Hall–Kier alpha value is -2.41. The number of nitrogens with one attached hydrogen (secondary N) is 1. The summed E-state index contributed by atoms with van der Waals surface area (Å²) in [6, 6.07) is 11.1. The number of benzene rings is 2. The molecule has 2 rings (SSSR count). The maximum atomic E-state index is 14.2. The summed E-state index contributed by atoms with van der Waals surface area (Å²) in [6.45, 7) is 8.96. The van der Waals surface area contributed by atoms with Crippen molar-refractivity contribution in [2.75, 3.05) is 6.61 Å². The lowest BCUT2D eigenvalue weighted by Gasteiger charge is -2.31. The highest BCUT2D eigenvalue weighted by atomic mass is 79.9. The van der Waals surface area contributed by atoms with E-state index in [9.17, 15) is 14.0 Å². The first-order valence-corrected chi connectivity index (χ1v) is 11.1. The van der Waals surface area contributed by atoms with E-state index in [1.54, 1.807) is 31.2 Å². The van der Waals surface area contributed by atoms with Crippen molar-refractivity contribution in [2.45, 2.75) is 59.2 Å². The molecule has 1 unspecified atom stereocenters. The molecule has 2 amide bonds. The van der Waals surface area contributed by atoms with Crippen LogP contribution in [-0.4, -0.2) is 34.9 Å². The van der Waals surface area contributed by atoms with Crippen molar-refractivity contribution in [3.05, 3.63) is 63.9 Å². The molecule has 0 spiro atoms. The minimum Gasteiger partial charge on any atom is -0.483 e. The average Bonchev–Trinajstić information content (AvgIpc) is 2.70. The first kappa shape index (κ1) is 24.9. The van der Waals surface area contributed by atoms with Gasteiger partial charge < -0.3 is 15.0 Å². The van der Waals surface area contributed by atoms with Gasteiger partial charge in [0.2, 0.25) is 5.91 Å². The van der Waals surface area contributed by atoms with Crippen LogP contribution in [0.2, 0.25) is 0 Å². The summed E-state index contributed by atoms with van der Waals surface area (Å²) in [6.07, 6.45) is 0.884. The van der Waals surface area contributed by atoms with E-state index in [0.29, 0.717) is 11.3 Å². The van der Waals surface area contributed by atoms with Crippen LogP contribution in [0.5, 0.6) is 5.75 Å². The van der Waals surface area contributed by atoms with Gasteiger partial charge in [-0.1, -0.05) is 31.2 Å². The Morgan fingerprint density at radius 2 is 1.87 bits per heavy atom. The molecule has 0 bridgehead atoms. The van der Waals surface area contributed by atoms with Crippen LogP contribution in [0.4, 0.5) is 4.39 Å². The van der Waals surface area contributed by atoms with Crippen LogP contribution in [-0.2, 0) is 22.6 Å². The van der Waals surface area contributed by atoms with Crippen molar-refractivity contribution >= 4 is 27.7 Å². The fraction of sp³-hybridized carbons (Fsp3) is 0.417. The Labute approximate surface area is 192 Å². The van der Waals surface area contributed by atoms with E-state index in [1.807, 2.05) is 32.9 Å². The second-order valence-electron chi connectivity index (χ2n) is 8.44. The summed E-state index contributed by atoms with van der Waals surface area (Å²) in [5, 5.41) is 2.88. The van der Waals surface area contributed by atoms with E-state index >= 15 is 0 Å². The van der Waals surface area contributed by atoms with E-state index in [4.69, 9.17) is 4.74 Å². The van der Waals surface area contributed by atoms with Gasteiger partial charge >= 0.3 is 0 Å². The Morgan fingerprint density at radius 3 is 2.45 bits per heavy atom. The Bertz CT molecular complexity index is 927. The van der Waals surface area contributed by atoms with Gasteiger partial charge in [0.15, 0.2) is 6.61 Å². The second kappa shape index (κ2) is 10.8. The van der Waals surface area contributed by atoms with Crippen molar-refractivity contribution in [3.8, 4) is 5.75 Å². The molecule has 0 aliphatic heterocycles. The standard InChI is InChI=1S/C24H30BrFN2O3/c1-6-17-11-12-21(19(25)13-17)31-15-22(29)28(14-18-9-7-8-10-20(18)26)16(2)23(30)27-24(3,4)5/h7-13,16H,6,14-15H2,1-5H3,(H,27,30). The molecule has 0 radical (unpaired) electrons. The SMILES string of the molecule is CCc1ccc(OCC(=O)N(Cc2ccccc2F)C(C)C(=O)NC(C)(C)C)c(Br)c1. The predicted octanol–water partition coefficient (Wildman–Crippen LogP) is 4.86. The van der Waals surface area contributed by atoms with Crippen LogP contribution in [0.15, 0.2) is 46.9 Å². The van der Waals surface area contributed by atoms with E-state index in [2.05, 4.69) is 28.2 Å². The average molecular weight is 493 g/mol. The number of hydrogen-bond acceptors (Lipinski definition) is 3. The van der Waals surface area contributed by atoms with Crippen LogP contribution in [0, 0.1) is 5.82 Å². The molecule has 31 heavy (non-hydrogen) atoms. The zero-order chi connectivity index (χ0) is 23.2. The van der Waals surface area contributed by atoms with E-state index in [-0.39, 0.29) is 19.1 Å². The predicted molar refractivity (Wildman–Crippen MR) is 123 cm³/mol. The van der Waals surface area contributed by atoms with Gasteiger partial charge in [-0.2, -0.15) is 0 Å². The molecule has 0 fully saturated rings. The second-order valence-corrected chi connectivity index (χ2v) is 9.29. The number of hydrogen-bond donors (Lipinski definition) is 1. The van der Waals surface area contributed by atoms with Crippen molar-refractivity contribution < 1.29 is 18.7 Å². The molecule has 1 atom stereocenters. The zero-order valence-electron chi connectivity index (χ0n) is 18.7.